The van der Waals surface area contributed by atoms with Gasteiger partial charge in [0.1, 0.15) is 6.61 Å². The third-order valence-corrected chi connectivity index (χ3v) is 8.08. The summed E-state index contributed by atoms with van der Waals surface area (Å²) in [5, 5.41) is 20.5. The first-order valence-electron chi connectivity index (χ1n) is 19.0. The number of phosphoric acid groups is 1. The van der Waals surface area contributed by atoms with E-state index in [0.717, 1.165) is 57.8 Å². The van der Waals surface area contributed by atoms with Gasteiger partial charge in [-0.05, 0) is 89.9 Å². The number of ether oxygens (including phenoxy) is 2. The molecular formula is C41H67O10P. The molecule has 2 unspecified atom stereocenters. The van der Waals surface area contributed by atoms with Crippen LogP contribution in [0, 0.1) is 0 Å². The average molecular weight is 751 g/mol. The van der Waals surface area contributed by atoms with E-state index < -0.39 is 51.3 Å². The first-order valence-corrected chi connectivity index (χ1v) is 20.6. The average Bonchev–Trinajstić information content (AvgIpc) is 3.11. The summed E-state index contributed by atoms with van der Waals surface area (Å²) in [7, 11) is -4.84. The van der Waals surface area contributed by atoms with E-state index in [-0.39, 0.29) is 32.1 Å². The quantitative estimate of drug-likeness (QED) is 0.0220. The lowest BCUT2D eigenvalue weighted by atomic mass is 10.0. The number of hydrogen-bond donors (Lipinski definition) is 4. The van der Waals surface area contributed by atoms with Crippen LogP contribution in [0.1, 0.15) is 129 Å². The summed E-state index contributed by atoms with van der Waals surface area (Å²) in [6, 6.07) is 0. The van der Waals surface area contributed by atoms with Crippen molar-refractivity contribution < 1.29 is 48.2 Å². The third-order valence-electron chi connectivity index (χ3n) is 7.60. The molecule has 3 atom stereocenters. The molecule has 0 amide bonds. The Morgan fingerprint density at radius 2 is 1.10 bits per heavy atom. The lowest BCUT2D eigenvalue weighted by Crippen LogP contribution is -2.29. The SMILES string of the molecule is CC/C=C\C/C=C\C/C=C\C/C=C\CCCCC(=O)O[C@H](COC(=O)CCCC(O)C(O)C/C=C\C/C=C\C/C=C\CCCCC)COP(=O)(O)O. The van der Waals surface area contributed by atoms with Crippen LogP contribution in [-0.2, 0) is 28.2 Å². The van der Waals surface area contributed by atoms with E-state index in [1.807, 2.05) is 12.2 Å². The van der Waals surface area contributed by atoms with Crippen molar-refractivity contribution >= 4 is 19.8 Å². The fraction of sp³-hybridized carbons (Fsp3) is 0.610. The zero-order chi connectivity index (χ0) is 38.5. The Labute approximate surface area is 313 Å². The highest BCUT2D eigenvalue weighted by atomic mass is 31.2. The van der Waals surface area contributed by atoms with E-state index in [1.54, 1.807) is 0 Å². The lowest BCUT2D eigenvalue weighted by Gasteiger charge is -2.19. The number of carbonyl (C=O) groups is 2. The minimum atomic E-state index is -4.84. The van der Waals surface area contributed by atoms with Crippen molar-refractivity contribution in [3.05, 3.63) is 85.1 Å². The van der Waals surface area contributed by atoms with Gasteiger partial charge in [0.05, 0.1) is 18.8 Å². The second-order valence-electron chi connectivity index (χ2n) is 12.5. The summed E-state index contributed by atoms with van der Waals surface area (Å²) in [5.74, 6) is -1.23. The molecule has 0 heterocycles. The highest BCUT2D eigenvalue weighted by Gasteiger charge is 2.23. The fourth-order valence-electron chi connectivity index (χ4n) is 4.64. The first-order chi connectivity index (χ1) is 25.1. The van der Waals surface area contributed by atoms with Gasteiger partial charge in [0.2, 0.25) is 0 Å². The van der Waals surface area contributed by atoms with Crippen molar-refractivity contribution in [2.75, 3.05) is 13.2 Å². The molecule has 0 fully saturated rings. The zero-order valence-corrected chi connectivity index (χ0v) is 32.5. The molecule has 52 heavy (non-hydrogen) atoms. The minimum absolute atomic E-state index is 0.0607. The van der Waals surface area contributed by atoms with Gasteiger partial charge in [0.15, 0.2) is 6.10 Å². The van der Waals surface area contributed by atoms with Gasteiger partial charge in [-0.1, -0.05) is 112 Å². The van der Waals surface area contributed by atoms with Gasteiger partial charge in [-0.25, -0.2) is 4.57 Å². The maximum atomic E-state index is 12.4. The zero-order valence-electron chi connectivity index (χ0n) is 31.6. The molecular weight excluding hydrogens is 683 g/mol. The summed E-state index contributed by atoms with van der Waals surface area (Å²) in [4.78, 5) is 42.8. The Bertz CT molecular complexity index is 1150. The number of aliphatic hydroxyl groups is 2. The van der Waals surface area contributed by atoms with E-state index in [2.05, 4.69) is 91.3 Å². The summed E-state index contributed by atoms with van der Waals surface area (Å²) >= 11 is 0. The molecule has 0 saturated heterocycles. The van der Waals surface area contributed by atoms with Gasteiger partial charge >= 0.3 is 19.8 Å². The summed E-state index contributed by atoms with van der Waals surface area (Å²) in [6.07, 6.45) is 39.1. The summed E-state index contributed by atoms with van der Waals surface area (Å²) in [6.45, 7) is 3.23. The fourth-order valence-corrected chi connectivity index (χ4v) is 5.00. The summed E-state index contributed by atoms with van der Waals surface area (Å²) in [5.41, 5.74) is 0. The number of phosphoric ester groups is 1. The molecule has 0 spiro atoms. The van der Waals surface area contributed by atoms with Crippen LogP contribution in [0.2, 0.25) is 0 Å². The van der Waals surface area contributed by atoms with Gasteiger partial charge < -0.3 is 29.5 Å². The van der Waals surface area contributed by atoms with Crippen LogP contribution in [0.5, 0.6) is 0 Å². The monoisotopic (exact) mass is 750 g/mol. The molecule has 0 radical (unpaired) electrons. The van der Waals surface area contributed by atoms with E-state index >= 15 is 0 Å². The van der Waals surface area contributed by atoms with Crippen molar-refractivity contribution in [3.63, 3.8) is 0 Å². The predicted molar refractivity (Wildman–Crippen MR) is 209 cm³/mol. The van der Waals surface area contributed by atoms with Crippen molar-refractivity contribution in [1.82, 2.24) is 0 Å². The lowest BCUT2D eigenvalue weighted by molar-refractivity contribution is -0.161. The highest BCUT2D eigenvalue weighted by Crippen LogP contribution is 2.36. The largest absolute Gasteiger partial charge is 0.469 e. The Kier molecular flexibility index (Phi) is 33.3. The van der Waals surface area contributed by atoms with Crippen LogP contribution in [0.4, 0.5) is 0 Å². The van der Waals surface area contributed by atoms with Crippen molar-refractivity contribution in [3.8, 4) is 0 Å². The number of allylic oxidation sites excluding steroid dienone is 13. The topological polar surface area (TPSA) is 160 Å². The molecule has 296 valence electrons. The number of carbonyl (C=O) groups excluding carboxylic acids is 2. The molecule has 0 bridgehead atoms. The molecule has 0 aromatic heterocycles. The highest BCUT2D eigenvalue weighted by molar-refractivity contribution is 7.46. The van der Waals surface area contributed by atoms with Gasteiger partial charge in [0.25, 0.3) is 0 Å². The summed E-state index contributed by atoms with van der Waals surface area (Å²) < 4.78 is 26.1. The van der Waals surface area contributed by atoms with Gasteiger partial charge in [-0.2, -0.15) is 0 Å². The molecule has 0 aromatic rings. The van der Waals surface area contributed by atoms with Crippen LogP contribution in [-0.4, -0.2) is 63.5 Å². The Morgan fingerprint density at radius 3 is 1.63 bits per heavy atom. The molecule has 0 aliphatic rings. The molecule has 0 aliphatic heterocycles. The second kappa shape index (κ2) is 35.2. The maximum absolute atomic E-state index is 12.4. The number of esters is 2. The van der Waals surface area contributed by atoms with Crippen LogP contribution >= 0.6 is 7.82 Å². The van der Waals surface area contributed by atoms with Crippen molar-refractivity contribution in [2.45, 2.75) is 148 Å². The molecule has 4 N–H and O–H groups in total. The van der Waals surface area contributed by atoms with Crippen LogP contribution in [0.3, 0.4) is 0 Å². The molecule has 10 nitrogen and oxygen atoms in total. The van der Waals surface area contributed by atoms with E-state index in [1.165, 1.54) is 19.3 Å². The van der Waals surface area contributed by atoms with Crippen LogP contribution in [0.25, 0.3) is 0 Å². The van der Waals surface area contributed by atoms with E-state index in [9.17, 15) is 24.4 Å². The normalized spacial score (nSPS) is 14.7. The third kappa shape index (κ3) is 35.5. The predicted octanol–water partition coefficient (Wildman–Crippen LogP) is 9.23. The molecule has 0 saturated carbocycles. The van der Waals surface area contributed by atoms with Crippen LogP contribution < -0.4 is 0 Å². The smallest absolute Gasteiger partial charge is 0.462 e. The van der Waals surface area contributed by atoms with Gasteiger partial charge in [0, 0.05) is 12.8 Å². The van der Waals surface area contributed by atoms with Crippen molar-refractivity contribution in [1.29, 1.82) is 0 Å². The Hall–Kier alpha value is -2.85. The molecule has 0 aromatic carbocycles. The second-order valence-corrected chi connectivity index (χ2v) is 13.7. The number of aliphatic hydroxyl groups excluding tert-OH is 2. The van der Waals surface area contributed by atoms with E-state index in [4.69, 9.17) is 19.3 Å². The standard InChI is InChI=1S/C41H67O10P/c1-3-5-7-9-11-13-15-17-18-19-21-23-25-27-29-33-41(45)51-37(36-50-52(46,47)48)35-49-40(44)34-30-32-39(43)38(42)31-28-26-24-22-20-16-14-12-10-8-6-4-2/h5,7,11-14,17-18,20-23,26,28,37-39,42-43H,3-4,6,8-10,15-16,19,24-25,27,29-36H2,1-2H3,(H2,46,47,48)/b7-5-,13-11-,14-12-,18-17-,22-20-,23-21-,28-26-/t37-,38?,39?/m1/s1. The van der Waals surface area contributed by atoms with Gasteiger partial charge in [-0.3, -0.25) is 14.1 Å². The van der Waals surface area contributed by atoms with E-state index in [0.29, 0.717) is 6.42 Å². The first kappa shape index (κ1) is 49.1. The number of rotatable bonds is 33. The van der Waals surface area contributed by atoms with Crippen LogP contribution in [0.15, 0.2) is 85.1 Å². The number of unbranched alkanes of at least 4 members (excludes halogenated alkanes) is 5. The maximum Gasteiger partial charge on any atom is 0.469 e. The molecule has 0 rings (SSSR count). The molecule has 11 heteroatoms. The van der Waals surface area contributed by atoms with Gasteiger partial charge in [-0.15, -0.1) is 0 Å². The Morgan fingerprint density at radius 1 is 0.596 bits per heavy atom. The number of hydrogen-bond acceptors (Lipinski definition) is 8. The minimum Gasteiger partial charge on any atom is -0.462 e. The molecule has 0 aliphatic carbocycles. The Balaban J connectivity index is 4.31. The van der Waals surface area contributed by atoms with Crippen molar-refractivity contribution in [2.24, 2.45) is 0 Å².